The highest BCUT2D eigenvalue weighted by Gasteiger charge is 2.39. The first-order valence-corrected chi connectivity index (χ1v) is 5.36. The van der Waals surface area contributed by atoms with Crippen molar-refractivity contribution >= 4 is 11.8 Å². The highest BCUT2D eigenvalue weighted by Crippen LogP contribution is 2.20. The Morgan fingerprint density at radius 2 is 2.12 bits per heavy atom. The number of hydrogen-bond donors (Lipinski definition) is 1. The van der Waals surface area contributed by atoms with Gasteiger partial charge in [0.1, 0.15) is 12.6 Å². The Kier molecular flexibility index (Phi) is 4.00. The molecular weight excluding hydrogens is 237 g/mol. The second-order valence-corrected chi connectivity index (χ2v) is 4.38. The van der Waals surface area contributed by atoms with Crippen molar-refractivity contribution in [2.45, 2.75) is 32.5 Å². The van der Waals surface area contributed by atoms with Gasteiger partial charge in [-0.15, -0.1) is 0 Å². The molecule has 0 saturated carbocycles. The lowest BCUT2D eigenvalue weighted by atomic mass is 10.2. The lowest BCUT2D eigenvalue weighted by Gasteiger charge is -2.19. The van der Waals surface area contributed by atoms with Crippen molar-refractivity contribution in [3.8, 4) is 0 Å². The van der Waals surface area contributed by atoms with Gasteiger partial charge in [-0.3, -0.25) is 9.59 Å². The summed E-state index contributed by atoms with van der Waals surface area (Å²) >= 11 is 0. The third-order valence-corrected chi connectivity index (χ3v) is 2.51. The molecule has 1 fully saturated rings. The van der Waals surface area contributed by atoms with Crippen LogP contribution in [0.3, 0.4) is 0 Å². The van der Waals surface area contributed by atoms with Crippen molar-refractivity contribution in [3.05, 3.63) is 0 Å². The van der Waals surface area contributed by atoms with Gasteiger partial charge in [0.05, 0.1) is 0 Å². The first kappa shape index (κ1) is 13.8. The summed E-state index contributed by atoms with van der Waals surface area (Å²) in [7, 11) is 0. The van der Waals surface area contributed by atoms with E-state index in [1.807, 2.05) is 0 Å². The number of halogens is 3. The number of carbonyl (C=O) groups is 2. The van der Waals surface area contributed by atoms with E-state index in [1.165, 1.54) is 0 Å². The van der Waals surface area contributed by atoms with Crippen LogP contribution >= 0.6 is 0 Å². The van der Waals surface area contributed by atoms with Gasteiger partial charge in [0.25, 0.3) is 0 Å². The predicted octanol–water partition coefficient (Wildman–Crippen LogP) is 0.922. The monoisotopic (exact) mass is 252 g/mol. The fourth-order valence-corrected chi connectivity index (χ4v) is 1.58. The number of carbonyl (C=O) groups excluding carboxylic acids is 2. The molecule has 0 aromatic heterocycles. The SMILES string of the molecule is CC(C)C(=O)N[C@@H]1CCN(CC(F)(F)F)C1=O. The summed E-state index contributed by atoms with van der Waals surface area (Å²) in [6.07, 6.45) is -4.17. The van der Waals surface area contributed by atoms with Crippen molar-refractivity contribution in [2.24, 2.45) is 5.92 Å². The molecule has 1 saturated heterocycles. The molecule has 0 aromatic rings. The summed E-state index contributed by atoms with van der Waals surface area (Å²) in [5.41, 5.74) is 0. The molecule has 0 unspecified atom stereocenters. The minimum Gasteiger partial charge on any atom is -0.344 e. The fraction of sp³-hybridized carbons (Fsp3) is 0.800. The quantitative estimate of drug-likeness (QED) is 0.812. The van der Waals surface area contributed by atoms with Crippen molar-refractivity contribution in [1.82, 2.24) is 10.2 Å². The van der Waals surface area contributed by atoms with E-state index in [9.17, 15) is 22.8 Å². The molecule has 0 spiro atoms. The number of alkyl halides is 3. The van der Waals surface area contributed by atoms with Gasteiger partial charge in [0.15, 0.2) is 0 Å². The number of hydrogen-bond acceptors (Lipinski definition) is 2. The lowest BCUT2D eigenvalue weighted by Crippen LogP contribution is -2.44. The van der Waals surface area contributed by atoms with E-state index in [2.05, 4.69) is 5.32 Å². The van der Waals surface area contributed by atoms with Gasteiger partial charge in [-0.05, 0) is 6.42 Å². The summed E-state index contributed by atoms with van der Waals surface area (Å²) in [6.45, 7) is 2.09. The van der Waals surface area contributed by atoms with Gasteiger partial charge in [-0.2, -0.15) is 13.2 Å². The molecule has 1 aliphatic heterocycles. The standard InChI is InChI=1S/C10H15F3N2O2/c1-6(2)8(16)14-7-3-4-15(9(7)17)5-10(11,12)13/h6-7H,3-5H2,1-2H3,(H,14,16)/t7-/m1/s1. The normalized spacial score (nSPS) is 21.2. The number of nitrogens with one attached hydrogen (secondary N) is 1. The Morgan fingerprint density at radius 3 is 2.59 bits per heavy atom. The van der Waals surface area contributed by atoms with Crippen molar-refractivity contribution in [3.63, 3.8) is 0 Å². The summed E-state index contributed by atoms with van der Waals surface area (Å²) in [5.74, 6) is -1.27. The summed E-state index contributed by atoms with van der Waals surface area (Å²) < 4.78 is 36.4. The van der Waals surface area contributed by atoms with Crippen LogP contribution < -0.4 is 5.32 Å². The average molecular weight is 252 g/mol. The van der Waals surface area contributed by atoms with Crippen LogP contribution in [0.25, 0.3) is 0 Å². The smallest absolute Gasteiger partial charge is 0.344 e. The average Bonchev–Trinajstić information content (AvgIpc) is 2.47. The molecule has 1 aliphatic rings. The minimum atomic E-state index is -4.40. The molecular formula is C10H15F3N2O2. The third-order valence-electron chi connectivity index (χ3n) is 2.51. The van der Waals surface area contributed by atoms with Crippen molar-refractivity contribution in [2.75, 3.05) is 13.1 Å². The summed E-state index contributed by atoms with van der Waals surface area (Å²) in [6, 6.07) is -0.813. The van der Waals surface area contributed by atoms with E-state index in [-0.39, 0.29) is 24.8 Å². The van der Waals surface area contributed by atoms with Crippen LogP contribution in [-0.4, -0.2) is 42.0 Å². The van der Waals surface area contributed by atoms with Gasteiger partial charge >= 0.3 is 6.18 Å². The molecule has 2 amide bonds. The first-order chi connectivity index (χ1) is 7.70. The summed E-state index contributed by atoms with van der Waals surface area (Å²) in [5, 5.41) is 2.45. The van der Waals surface area contributed by atoms with Crippen LogP contribution in [0.2, 0.25) is 0 Å². The Labute approximate surface area is 97.1 Å². The van der Waals surface area contributed by atoms with E-state index in [0.29, 0.717) is 0 Å². The van der Waals surface area contributed by atoms with Crippen LogP contribution in [0.1, 0.15) is 20.3 Å². The van der Waals surface area contributed by atoms with E-state index in [0.717, 1.165) is 4.90 Å². The van der Waals surface area contributed by atoms with Crippen molar-refractivity contribution < 1.29 is 22.8 Å². The van der Waals surface area contributed by atoms with E-state index >= 15 is 0 Å². The Morgan fingerprint density at radius 1 is 1.53 bits per heavy atom. The lowest BCUT2D eigenvalue weighted by molar-refractivity contribution is -0.158. The molecule has 0 aromatic carbocycles. The number of amides is 2. The molecule has 1 heterocycles. The topological polar surface area (TPSA) is 49.4 Å². The Hall–Kier alpha value is -1.27. The van der Waals surface area contributed by atoms with Crippen LogP contribution in [-0.2, 0) is 9.59 Å². The Balaban J connectivity index is 2.53. The molecule has 1 rings (SSSR count). The van der Waals surface area contributed by atoms with Gasteiger partial charge in [-0.1, -0.05) is 13.8 Å². The van der Waals surface area contributed by atoms with Gasteiger partial charge in [0.2, 0.25) is 11.8 Å². The fourth-order valence-electron chi connectivity index (χ4n) is 1.58. The van der Waals surface area contributed by atoms with Crippen LogP contribution in [0.5, 0.6) is 0 Å². The van der Waals surface area contributed by atoms with Gasteiger partial charge in [-0.25, -0.2) is 0 Å². The summed E-state index contributed by atoms with van der Waals surface area (Å²) in [4.78, 5) is 23.6. The maximum absolute atomic E-state index is 12.1. The second kappa shape index (κ2) is 4.93. The van der Waals surface area contributed by atoms with E-state index < -0.39 is 24.7 Å². The van der Waals surface area contributed by atoms with E-state index in [1.54, 1.807) is 13.8 Å². The predicted molar refractivity (Wildman–Crippen MR) is 54.0 cm³/mol. The number of rotatable bonds is 3. The highest BCUT2D eigenvalue weighted by molar-refractivity contribution is 5.89. The minimum absolute atomic E-state index is 0.0292. The van der Waals surface area contributed by atoms with Gasteiger partial charge < -0.3 is 10.2 Å². The maximum atomic E-state index is 12.1. The van der Waals surface area contributed by atoms with Crippen molar-refractivity contribution in [1.29, 1.82) is 0 Å². The zero-order chi connectivity index (χ0) is 13.2. The molecule has 4 nitrogen and oxygen atoms in total. The molecule has 0 bridgehead atoms. The molecule has 98 valence electrons. The number of nitrogens with zero attached hydrogens (tertiary/aromatic N) is 1. The molecule has 7 heteroatoms. The zero-order valence-electron chi connectivity index (χ0n) is 9.67. The zero-order valence-corrected chi connectivity index (χ0v) is 9.67. The molecule has 1 N–H and O–H groups in total. The van der Waals surface area contributed by atoms with Crippen LogP contribution in [0.4, 0.5) is 13.2 Å². The molecule has 1 atom stereocenters. The van der Waals surface area contributed by atoms with Gasteiger partial charge in [0, 0.05) is 12.5 Å². The van der Waals surface area contributed by atoms with Crippen LogP contribution in [0, 0.1) is 5.92 Å². The third kappa shape index (κ3) is 3.90. The molecule has 0 radical (unpaired) electrons. The van der Waals surface area contributed by atoms with E-state index in [4.69, 9.17) is 0 Å². The second-order valence-electron chi connectivity index (χ2n) is 4.38. The highest BCUT2D eigenvalue weighted by atomic mass is 19.4. The Bertz CT molecular complexity index is 315. The largest absolute Gasteiger partial charge is 0.406 e. The molecule has 0 aliphatic carbocycles. The number of likely N-dealkylation sites (tertiary alicyclic amines) is 1. The molecule has 17 heavy (non-hydrogen) atoms. The van der Waals surface area contributed by atoms with Crippen LogP contribution in [0.15, 0.2) is 0 Å². The maximum Gasteiger partial charge on any atom is 0.406 e. The first-order valence-electron chi connectivity index (χ1n) is 5.36.